The van der Waals surface area contributed by atoms with Crippen LogP contribution in [0.2, 0.25) is 0 Å². The van der Waals surface area contributed by atoms with Gasteiger partial charge in [-0.3, -0.25) is 4.79 Å². The van der Waals surface area contributed by atoms with Crippen LogP contribution in [0, 0.1) is 0 Å². The Morgan fingerprint density at radius 1 is 0.304 bits per heavy atom. The maximum atomic E-state index is 12.5. The van der Waals surface area contributed by atoms with Crippen molar-refractivity contribution in [2.45, 2.75) is 405 Å². The fourth-order valence-corrected chi connectivity index (χ4v) is 11.2. The topological polar surface area (TPSA) is 69.6 Å². The summed E-state index contributed by atoms with van der Waals surface area (Å²) in [5.74, 6) is -0.0711. The molecule has 0 saturated heterocycles. The largest absolute Gasteiger partial charge is 0.394 e. The number of unbranched alkanes of at least 4 members (excludes halogenated alkanes) is 52. The van der Waals surface area contributed by atoms with Crippen LogP contribution < -0.4 is 5.32 Å². The average Bonchev–Trinajstić information content (AvgIpc) is 3.45. The van der Waals surface area contributed by atoms with Crippen molar-refractivity contribution in [3.05, 3.63) is 60.8 Å². The van der Waals surface area contributed by atoms with Crippen molar-refractivity contribution in [2.24, 2.45) is 0 Å². The summed E-state index contributed by atoms with van der Waals surface area (Å²) in [6, 6.07) is -0.648. The van der Waals surface area contributed by atoms with Gasteiger partial charge in [-0.2, -0.15) is 0 Å². The Hall–Kier alpha value is -1.91. The zero-order valence-electron chi connectivity index (χ0n) is 53.7. The van der Waals surface area contributed by atoms with E-state index in [1.165, 1.54) is 327 Å². The van der Waals surface area contributed by atoms with Gasteiger partial charge in [-0.1, -0.05) is 370 Å². The van der Waals surface area contributed by atoms with Crippen molar-refractivity contribution >= 4 is 5.91 Å². The molecule has 79 heavy (non-hydrogen) atoms. The lowest BCUT2D eigenvalue weighted by Crippen LogP contribution is -2.45. The Kier molecular flexibility index (Phi) is 68.7. The van der Waals surface area contributed by atoms with Gasteiger partial charge in [-0.05, 0) is 77.0 Å². The molecule has 0 radical (unpaired) electrons. The molecule has 0 aromatic rings. The molecular weight excluding hydrogens is 963 g/mol. The molecule has 0 aliphatic rings. The van der Waals surface area contributed by atoms with Crippen LogP contribution in [0.15, 0.2) is 60.8 Å². The molecule has 0 saturated carbocycles. The smallest absolute Gasteiger partial charge is 0.220 e. The molecule has 0 fully saturated rings. The lowest BCUT2D eigenvalue weighted by atomic mass is 10.0. The lowest BCUT2D eigenvalue weighted by molar-refractivity contribution is -0.123. The molecule has 3 N–H and O–H groups in total. The number of aliphatic hydroxyl groups excluding tert-OH is 2. The van der Waals surface area contributed by atoms with Gasteiger partial charge in [0.2, 0.25) is 5.91 Å². The fraction of sp³-hybridized carbons (Fsp3) is 0.853. The van der Waals surface area contributed by atoms with Crippen molar-refractivity contribution in [3.63, 3.8) is 0 Å². The van der Waals surface area contributed by atoms with Crippen LogP contribution in [0.1, 0.15) is 393 Å². The van der Waals surface area contributed by atoms with Crippen molar-refractivity contribution < 1.29 is 15.0 Å². The first kappa shape index (κ1) is 77.1. The molecule has 1 amide bonds. The molecule has 2 unspecified atom stereocenters. The first-order valence-electron chi connectivity index (χ1n) is 36.0. The van der Waals surface area contributed by atoms with Gasteiger partial charge in [0.05, 0.1) is 18.8 Å². The van der Waals surface area contributed by atoms with Gasteiger partial charge in [0.15, 0.2) is 0 Å². The quantitative estimate of drug-likeness (QED) is 0.0420. The summed E-state index contributed by atoms with van der Waals surface area (Å²) in [6.07, 6.45) is 100. The van der Waals surface area contributed by atoms with Crippen LogP contribution in [0.25, 0.3) is 0 Å². The van der Waals surface area contributed by atoms with E-state index in [1.54, 1.807) is 6.08 Å². The second-order valence-electron chi connectivity index (χ2n) is 24.6. The summed E-state index contributed by atoms with van der Waals surface area (Å²) in [4.78, 5) is 12.5. The maximum Gasteiger partial charge on any atom is 0.220 e. The third-order valence-electron chi connectivity index (χ3n) is 16.7. The zero-order valence-corrected chi connectivity index (χ0v) is 53.7. The standard InChI is InChI=1S/C75H141NO3/c1-3-5-7-9-11-13-15-17-19-21-23-25-27-29-31-33-35-36-37-38-39-40-41-43-45-47-49-51-53-55-57-59-61-63-65-67-69-71-75(79)76-73(72-77)74(78)70-68-66-64-62-60-58-56-54-52-50-48-46-44-42-34-32-30-28-26-24-22-20-18-16-14-12-10-8-6-4-2/h15,17,21,23,52,54,60,62,68,70,73-74,77-78H,3-14,16,18-20,22,24-51,53,55-59,61,63-67,69,71-72H2,1-2H3,(H,76,79)/b17-15-,23-21-,54-52+,62-60+,70-68+. The molecule has 0 aromatic carbocycles. The Morgan fingerprint density at radius 3 is 0.810 bits per heavy atom. The van der Waals surface area contributed by atoms with Crippen molar-refractivity contribution in [2.75, 3.05) is 6.61 Å². The summed E-state index contributed by atoms with van der Waals surface area (Å²) < 4.78 is 0. The van der Waals surface area contributed by atoms with Crippen LogP contribution in [-0.4, -0.2) is 34.9 Å². The second-order valence-corrected chi connectivity index (χ2v) is 24.6. The number of carbonyl (C=O) groups is 1. The molecule has 4 heteroatoms. The molecule has 0 heterocycles. The first-order chi connectivity index (χ1) is 39.2. The first-order valence-corrected chi connectivity index (χ1v) is 36.0. The van der Waals surface area contributed by atoms with Crippen LogP contribution in [0.4, 0.5) is 0 Å². The number of carbonyl (C=O) groups excluding carboxylic acids is 1. The third-order valence-corrected chi connectivity index (χ3v) is 16.7. The Bertz CT molecular complexity index is 1300. The van der Waals surface area contributed by atoms with Crippen LogP contribution in [-0.2, 0) is 4.79 Å². The number of nitrogens with one attached hydrogen (secondary N) is 1. The minimum atomic E-state index is -0.872. The van der Waals surface area contributed by atoms with Crippen LogP contribution in [0.3, 0.4) is 0 Å². The molecule has 464 valence electrons. The molecule has 0 aliphatic heterocycles. The highest BCUT2D eigenvalue weighted by molar-refractivity contribution is 5.76. The van der Waals surface area contributed by atoms with Crippen molar-refractivity contribution in [1.82, 2.24) is 5.32 Å². The molecule has 2 atom stereocenters. The van der Waals surface area contributed by atoms with Gasteiger partial charge in [0.1, 0.15) is 0 Å². The van der Waals surface area contributed by atoms with Crippen molar-refractivity contribution in [1.29, 1.82) is 0 Å². The van der Waals surface area contributed by atoms with E-state index >= 15 is 0 Å². The predicted octanol–water partition coefficient (Wildman–Crippen LogP) is 24.7. The van der Waals surface area contributed by atoms with Gasteiger partial charge in [0.25, 0.3) is 0 Å². The zero-order chi connectivity index (χ0) is 56.9. The molecule has 0 aromatic heterocycles. The highest BCUT2D eigenvalue weighted by atomic mass is 16.3. The van der Waals surface area contributed by atoms with E-state index in [2.05, 4.69) is 67.8 Å². The van der Waals surface area contributed by atoms with Gasteiger partial charge < -0.3 is 15.5 Å². The minimum Gasteiger partial charge on any atom is -0.394 e. The molecule has 4 nitrogen and oxygen atoms in total. The van der Waals surface area contributed by atoms with E-state index in [-0.39, 0.29) is 12.5 Å². The fourth-order valence-electron chi connectivity index (χ4n) is 11.2. The predicted molar refractivity (Wildman–Crippen MR) is 354 cm³/mol. The molecule has 0 bridgehead atoms. The van der Waals surface area contributed by atoms with Crippen molar-refractivity contribution in [3.8, 4) is 0 Å². The van der Waals surface area contributed by atoms with E-state index in [4.69, 9.17) is 0 Å². The summed E-state index contributed by atoms with van der Waals surface area (Å²) in [7, 11) is 0. The number of allylic oxidation sites excluding steroid dienone is 9. The number of amides is 1. The van der Waals surface area contributed by atoms with E-state index in [9.17, 15) is 15.0 Å². The van der Waals surface area contributed by atoms with E-state index in [0.717, 1.165) is 44.9 Å². The number of aliphatic hydroxyl groups is 2. The van der Waals surface area contributed by atoms with Gasteiger partial charge in [-0.15, -0.1) is 0 Å². The number of hydrogen-bond donors (Lipinski definition) is 3. The maximum absolute atomic E-state index is 12.5. The van der Waals surface area contributed by atoms with E-state index < -0.39 is 12.1 Å². The normalized spacial score (nSPS) is 13.0. The number of hydrogen-bond acceptors (Lipinski definition) is 3. The minimum absolute atomic E-state index is 0.0711. The molecular formula is C75H141NO3. The Morgan fingerprint density at radius 2 is 0.532 bits per heavy atom. The van der Waals surface area contributed by atoms with Crippen LogP contribution in [0.5, 0.6) is 0 Å². The summed E-state index contributed by atoms with van der Waals surface area (Å²) in [5.41, 5.74) is 0. The van der Waals surface area contributed by atoms with Crippen LogP contribution >= 0.6 is 0 Å². The van der Waals surface area contributed by atoms with Gasteiger partial charge >= 0.3 is 0 Å². The van der Waals surface area contributed by atoms with E-state index in [1.807, 2.05) is 6.08 Å². The summed E-state index contributed by atoms with van der Waals surface area (Å²) in [5, 5.41) is 23.3. The lowest BCUT2D eigenvalue weighted by Gasteiger charge is -2.19. The highest BCUT2D eigenvalue weighted by Crippen LogP contribution is 2.19. The monoisotopic (exact) mass is 1100 g/mol. The average molecular weight is 1100 g/mol. The summed E-state index contributed by atoms with van der Waals surface area (Å²) in [6.45, 7) is 4.32. The van der Waals surface area contributed by atoms with Gasteiger partial charge in [0, 0.05) is 6.42 Å². The Labute approximate surface area is 496 Å². The highest BCUT2D eigenvalue weighted by Gasteiger charge is 2.18. The molecule has 0 spiro atoms. The second kappa shape index (κ2) is 70.4. The molecule has 0 aliphatic carbocycles. The Balaban J connectivity index is 3.46. The molecule has 0 rings (SSSR count). The number of rotatable bonds is 67. The van der Waals surface area contributed by atoms with E-state index in [0.29, 0.717) is 6.42 Å². The van der Waals surface area contributed by atoms with Gasteiger partial charge in [-0.25, -0.2) is 0 Å². The SMILES string of the molecule is CCCCCCC/C=C\C/C=C\CCCCCCCCCCCCCCCCCCCCCCCCCCCC(=O)NC(CO)C(O)/C=C/CC/C=C/CC/C=C/CCCCCCCCCCCCCCCCCCCCCC. The summed E-state index contributed by atoms with van der Waals surface area (Å²) >= 11 is 0. The third kappa shape index (κ3) is 66.8.